The topological polar surface area (TPSA) is 126 Å². The Labute approximate surface area is 260 Å². The standard InChI is InChI=1S/C32H37ClN6O5/c1-16-8-19(33)10-20(23(16)27(40)37-11-17(2)21(14-37)36-30(43)44-31(3,4)5)26-22-9-18(13-39(22)35-15-34-26)12-38-28(41)24-25(29(38)42)32(24,6)7/h8-10,13,15,17,21,24-25H,11-12,14H2,1-7H3,(H,36,43)/t17-,21+,24?,25?/m0/s1. The fraction of sp³-hybridized carbons (Fsp3) is 0.500. The molecule has 11 nitrogen and oxygen atoms in total. The number of carbonyl (C=O) groups excluding carboxylic acids is 4. The van der Waals surface area contributed by atoms with Gasteiger partial charge in [-0.05, 0) is 68.4 Å². The minimum Gasteiger partial charge on any atom is -0.444 e. The van der Waals surface area contributed by atoms with Gasteiger partial charge in [-0.25, -0.2) is 14.3 Å². The van der Waals surface area contributed by atoms with Crippen molar-refractivity contribution in [3.8, 4) is 11.3 Å². The summed E-state index contributed by atoms with van der Waals surface area (Å²) < 4.78 is 7.06. The monoisotopic (exact) mass is 620 g/mol. The number of aryl methyl sites for hydroxylation is 1. The van der Waals surface area contributed by atoms with Crippen LogP contribution in [0.4, 0.5) is 4.79 Å². The molecule has 1 aromatic carbocycles. The maximum atomic E-state index is 14.1. The zero-order valence-electron chi connectivity index (χ0n) is 26.0. The molecular formula is C32H37ClN6O5. The molecule has 2 aromatic heterocycles. The van der Waals surface area contributed by atoms with Gasteiger partial charge in [0.15, 0.2) is 0 Å². The van der Waals surface area contributed by atoms with E-state index in [-0.39, 0.29) is 53.5 Å². The summed E-state index contributed by atoms with van der Waals surface area (Å²) >= 11 is 6.52. The van der Waals surface area contributed by atoms with Crippen LogP contribution < -0.4 is 5.32 Å². The van der Waals surface area contributed by atoms with Crippen molar-refractivity contribution in [1.29, 1.82) is 0 Å². The number of halogens is 1. The molecule has 1 N–H and O–H groups in total. The molecule has 3 aromatic rings. The summed E-state index contributed by atoms with van der Waals surface area (Å²) in [5.74, 6) is -0.967. The van der Waals surface area contributed by atoms with Crippen LogP contribution in [-0.4, -0.2) is 72.9 Å². The lowest BCUT2D eigenvalue weighted by Crippen LogP contribution is -2.43. The second-order valence-electron chi connectivity index (χ2n) is 13.9. The number of aromatic nitrogens is 3. The molecule has 4 heterocycles. The highest BCUT2D eigenvalue weighted by Gasteiger charge is 2.72. The highest BCUT2D eigenvalue weighted by Crippen LogP contribution is 2.63. The Morgan fingerprint density at radius 1 is 1.11 bits per heavy atom. The molecule has 232 valence electrons. The van der Waals surface area contributed by atoms with Crippen LogP contribution in [0.1, 0.15) is 63.0 Å². The zero-order valence-corrected chi connectivity index (χ0v) is 26.7. The predicted molar refractivity (Wildman–Crippen MR) is 163 cm³/mol. The van der Waals surface area contributed by atoms with E-state index in [0.29, 0.717) is 46.0 Å². The van der Waals surface area contributed by atoms with E-state index in [1.165, 1.54) is 11.2 Å². The third kappa shape index (κ3) is 5.10. The van der Waals surface area contributed by atoms with Gasteiger partial charge in [0.1, 0.15) is 11.9 Å². The average molecular weight is 621 g/mol. The Hall–Kier alpha value is -3.99. The molecule has 4 amide bonds. The molecule has 1 aliphatic carbocycles. The van der Waals surface area contributed by atoms with Gasteiger partial charge in [-0.3, -0.25) is 19.3 Å². The number of nitrogens with zero attached hydrogens (tertiary/aromatic N) is 5. The van der Waals surface area contributed by atoms with E-state index in [1.54, 1.807) is 48.5 Å². The molecule has 3 aliphatic rings. The van der Waals surface area contributed by atoms with Crippen LogP contribution in [-0.2, 0) is 20.9 Å². The van der Waals surface area contributed by atoms with E-state index in [9.17, 15) is 19.2 Å². The second-order valence-corrected chi connectivity index (χ2v) is 14.3. The van der Waals surface area contributed by atoms with Crippen molar-refractivity contribution < 1.29 is 23.9 Å². The number of fused-ring (bicyclic) bond motifs is 2. The highest BCUT2D eigenvalue weighted by molar-refractivity contribution is 6.31. The number of rotatable bonds is 5. The maximum absolute atomic E-state index is 14.1. The molecule has 2 aliphatic heterocycles. The normalized spacial score (nSPS) is 24.2. The molecule has 12 heteroatoms. The van der Waals surface area contributed by atoms with Crippen molar-refractivity contribution in [1.82, 2.24) is 29.7 Å². The summed E-state index contributed by atoms with van der Waals surface area (Å²) in [6.45, 7) is 14.1. The molecule has 4 atom stereocenters. The number of ether oxygens (including phenoxy) is 1. The number of benzene rings is 1. The van der Waals surface area contributed by atoms with E-state index in [1.807, 2.05) is 33.8 Å². The van der Waals surface area contributed by atoms with Crippen LogP contribution in [0, 0.1) is 30.1 Å². The first-order valence-electron chi connectivity index (χ1n) is 14.8. The molecule has 1 saturated carbocycles. The molecule has 2 unspecified atom stereocenters. The fourth-order valence-corrected chi connectivity index (χ4v) is 7.04. The minimum atomic E-state index is -0.630. The number of nitrogens with one attached hydrogen (secondary N) is 1. The van der Waals surface area contributed by atoms with Crippen LogP contribution in [0.5, 0.6) is 0 Å². The van der Waals surface area contributed by atoms with Crippen molar-refractivity contribution in [2.75, 3.05) is 13.1 Å². The third-order valence-electron chi connectivity index (χ3n) is 9.07. The lowest BCUT2D eigenvalue weighted by atomic mass is 9.97. The van der Waals surface area contributed by atoms with Crippen LogP contribution in [0.25, 0.3) is 16.8 Å². The third-order valence-corrected chi connectivity index (χ3v) is 9.28. The number of hydrogen-bond acceptors (Lipinski definition) is 7. The van der Waals surface area contributed by atoms with Crippen molar-refractivity contribution >= 4 is 40.9 Å². The number of carbonyl (C=O) groups is 4. The molecule has 0 radical (unpaired) electrons. The van der Waals surface area contributed by atoms with Crippen LogP contribution in [0.15, 0.2) is 30.7 Å². The van der Waals surface area contributed by atoms with Gasteiger partial charge in [-0.1, -0.05) is 32.4 Å². The zero-order chi connectivity index (χ0) is 31.9. The molecule has 0 spiro atoms. The first kappa shape index (κ1) is 30.1. The average Bonchev–Trinajstić information content (AvgIpc) is 3.23. The molecule has 0 bridgehead atoms. The van der Waals surface area contributed by atoms with Gasteiger partial charge in [0.2, 0.25) is 11.8 Å². The Morgan fingerprint density at radius 2 is 1.80 bits per heavy atom. The van der Waals surface area contributed by atoms with Crippen molar-refractivity contribution in [3.05, 3.63) is 52.4 Å². The molecular weight excluding hydrogens is 584 g/mol. The maximum Gasteiger partial charge on any atom is 0.407 e. The van der Waals surface area contributed by atoms with Gasteiger partial charge < -0.3 is 15.0 Å². The summed E-state index contributed by atoms with van der Waals surface area (Å²) in [6, 6.07) is 5.04. The Kier molecular flexibility index (Phi) is 7.03. The van der Waals surface area contributed by atoms with Crippen LogP contribution >= 0.6 is 11.6 Å². The lowest BCUT2D eigenvalue weighted by molar-refractivity contribution is -0.143. The number of piperidine rings is 1. The van der Waals surface area contributed by atoms with Crippen LogP contribution in [0.3, 0.4) is 0 Å². The first-order chi connectivity index (χ1) is 20.6. The van der Waals surface area contributed by atoms with E-state index < -0.39 is 11.7 Å². The summed E-state index contributed by atoms with van der Waals surface area (Å²) in [5, 5.41) is 7.72. The largest absolute Gasteiger partial charge is 0.444 e. The number of amides is 4. The Morgan fingerprint density at radius 3 is 2.45 bits per heavy atom. The number of hydrogen-bond donors (Lipinski definition) is 1. The number of alkyl carbamates (subject to hydrolysis) is 1. The van der Waals surface area contributed by atoms with Gasteiger partial charge in [0, 0.05) is 29.9 Å². The minimum absolute atomic E-state index is 0.00842. The van der Waals surface area contributed by atoms with Crippen molar-refractivity contribution in [3.63, 3.8) is 0 Å². The SMILES string of the molecule is Cc1cc(Cl)cc(-c2ncnn3cc(CN4C(=O)C5C(C4=O)C5(C)C)cc23)c1C(=O)N1C[C@H](C)[C@H](NC(=O)OC(C)(C)C)C1. The lowest BCUT2D eigenvalue weighted by Gasteiger charge is -2.23. The summed E-state index contributed by atoms with van der Waals surface area (Å²) in [4.78, 5) is 60.1. The van der Waals surface area contributed by atoms with Crippen molar-refractivity contribution in [2.45, 2.75) is 66.7 Å². The fourth-order valence-electron chi connectivity index (χ4n) is 6.77. The van der Waals surface area contributed by atoms with E-state index in [4.69, 9.17) is 16.3 Å². The van der Waals surface area contributed by atoms with Crippen LogP contribution in [0.2, 0.25) is 5.02 Å². The first-order valence-corrected chi connectivity index (χ1v) is 15.2. The molecule has 6 rings (SSSR count). The van der Waals surface area contributed by atoms with Gasteiger partial charge >= 0.3 is 6.09 Å². The van der Waals surface area contributed by atoms with Gasteiger partial charge in [0.25, 0.3) is 5.91 Å². The predicted octanol–water partition coefficient (Wildman–Crippen LogP) is 4.48. The van der Waals surface area contributed by atoms with Gasteiger partial charge in [-0.15, -0.1) is 0 Å². The quantitative estimate of drug-likeness (QED) is 0.417. The summed E-state index contributed by atoms with van der Waals surface area (Å²) in [7, 11) is 0. The highest BCUT2D eigenvalue weighted by atomic mass is 35.5. The van der Waals surface area contributed by atoms with Crippen molar-refractivity contribution in [2.24, 2.45) is 23.2 Å². The van der Waals surface area contributed by atoms with Gasteiger partial charge in [0.05, 0.1) is 41.2 Å². The van der Waals surface area contributed by atoms with Gasteiger partial charge in [-0.2, -0.15) is 5.10 Å². The molecule has 44 heavy (non-hydrogen) atoms. The Bertz CT molecular complexity index is 1700. The summed E-state index contributed by atoms with van der Waals surface area (Å²) in [6.07, 6.45) is 2.65. The van der Waals surface area contributed by atoms with E-state index in [2.05, 4.69) is 15.4 Å². The Balaban J connectivity index is 1.29. The molecule has 2 saturated heterocycles. The smallest absolute Gasteiger partial charge is 0.407 e. The summed E-state index contributed by atoms with van der Waals surface area (Å²) in [5.41, 5.74) is 2.62. The second kappa shape index (κ2) is 10.3. The van der Waals surface area contributed by atoms with E-state index in [0.717, 1.165) is 5.56 Å². The van der Waals surface area contributed by atoms with E-state index >= 15 is 0 Å². The molecule has 3 fully saturated rings. The number of likely N-dealkylation sites (tertiary alicyclic amines) is 2. The number of imide groups is 1.